The van der Waals surface area contributed by atoms with Crippen molar-refractivity contribution in [3.63, 3.8) is 0 Å². The summed E-state index contributed by atoms with van der Waals surface area (Å²) < 4.78 is 5.59. The van der Waals surface area contributed by atoms with E-state index in [1.54, 1.807) is 18.3 Å². The van der Waals surface area contributed by atoms with E-state index in [9.17, 15) is 5.11 Å². The number of aromatic nitrogens is 4. The van der Waals surface area contributed by atoms with Crippen LogP contribution in [0.4, 0.5) is 17.3 Å². The molecule has 2 aliphatic rings. The standard InChI is InChI=1S/C27H32N8O2/c1-20-19-33(16-17-37-20)11-4-8-25-29-10-9-26(30-25)35-13-5-12-34(14-15-35)23-18-22(31-32-27(23)28)21-6-2-3-7-24(21)36/h2-3,6-7,9-10,18,20,36H,5,11-17,19H2,1H3,(H2,28,32)/t20-/m1/s1. The van der Waals surface area contributed by atoms with Gasteiger partial charge in [0.15, 0.2) is 5.82 Å². The first-order valence-electron chi connectivity index (χ1n) is 12.6. The van der Waals surface area contributed by atoms with E-state index in [1.165, 1.54) is 0 Å². The molecule has 10 heteroatoms. The normalized spacial score (nSPS) is 18.7. The van der Waals surface area contributed by atoms with Gasteiger partial charge in [0.2, 0.25) is 5.82 Å². The Kier molecular flexibility index (Phi) is 7.63. The number of para-hydroxylation sites is 1. The molecule has 2 aliphatic heterocycles. The molecule has 3 N–H and O–H groups in total. The Morgan fingerprint density at radius 1 is 1.08 bits per heavy atom. The lowest BCUT2D eigenvalue weighted by Crippen LogP contribution is -2.41. The first-order chi connectivity index (χ1) is 18.1. The number of aromatic hydroxyl groups is 1. The highest BCUT2D eigenvalue weighted by Crippen LogP contribution is 2.31. The summed E-state index contributed by atoms with van der Waals surface area (Å²) >= 11 is 0. The third-order valence-electron chi connectivity index (χ3n) is 6.61. The lowest BCUT2D eigenvalue weighted by atomic mass is 10.1. The summed E-state index contributed by atoms with van der Waals surface area (Å²) in [5.41, 5.74) is 8.27. The Morgan fingerprint density at radius 3 is 2.78 bits per heavy atom. The quantitative estimate of drug-likeness (QED) is 0.515. The lowest BCUT2D eigenvalue weighted by molar-refractivity contribution is -0.0133. The van der Waals surface area contributed by atoms with Crippen LogP contribution in [0.1, 0.15) is 19.2 Å². The van der Waals surface area contributed by atoms with Gasteiger partial charge in [-0.1, -0.05) is 18.1 Å². The van der Waals surface area contributed by atoms with Crippen molar-refractivity contribution in [3.05, 3.63) is 48.4 Å². The highest BCUT2D eigenvalue weighted by Gasteiger charge is 2.20. The molecule has 0 spiro atoms. The average Bonchev–Trinajstić information content (AvgIpc) is 3.16. The van der Waals surface area contributed by atoms with Crippen LogP contribution in [0.25, 0.3) is 11.3 Å². The Hall–Kier alpha value is -3.94. The van der Waals surface area contributed by atoms with Crippen molar-refractivity contribution < 1.29 is 9.84 Å². The van der Waals surface area contributed by atoms with Crippen molar-refractivity contribution in [2.45, 2.75) is 19.4 Å². The smallest absolute Gasteiger partial charge is 0.206 e. The van der Waals surface area contributed by atoms with Crippen LogP contribution in [0, 0.1) is 11.8 Å². The Bertz CT molecular complexity index is 1290. The van der Waals surface area contributed by atoms with Gasteiger partial charge in [-0.2, -0.15) is 0 Å². The molecular weight excluding hydrogens is 468 g/mol. The van der Waals surface area contributed by atoms with Gasteiger partial charge in [0.05, 0.1) is 30.6 Å². The number of hydrogen-bond acceptors (Lipinski definition) is 10. The van der Waals surface area contributed by atoms with Gasteiger partial charge in [-0.3, -0.25) is 4.90 Å². The summed E-state index contributed by atoms with van der Waals surface area (Å²) in [6.45, 7) is 8.50. The molecule has 0 radical (unpaired) electrons. The van der Waals surface area contributed by atoms with Crippen molar-refractivity contribution in [2.75, 3.05) is 68.0 Å². The zero-order chi connectivity index (χ0) is 25.6. The van der Waals surface area contributed by atoms with Crippen LogP contribution in [0.5, 0.6) is 5.75 Å². The number of nitrogen functional groups attached to an aromatic ring is 1. The van der Waals surface area contributed by atoms with Crippen molar-refractivity contribution in [2.24, 2.45) is 0 Å². The van der Waals surface area contributed by atoms with Crippen LogP contribution in [0.15, 0.2) is 42.6 Å². The minimum absolute atomic E-state index is 0.164. The second-order valence-corrected chi connectivity index (χ2v) is 9.30. The van der Waals surface area contributed by atoms with Gasteiger partial charge in [-0.25, -0.2) is 9.97 Å². The molecule has 0 bridgehead atoms. The summed E-state index contributed by atoms with van der Waals surface area (Å²) in [4.78, 5) is 15.8. The van der Waals surface area contributed by atoms with Crippen LogP contribution >= 0.6 is 0 Å². The van der Waals surface area contributed by atoms with E-state index in [-0.39, 0.29) is 11.9 Å². The summed E-state index contributed by atoms with van der Waals surface area (Å²) in [7, 11) is 0. The predicted octanol–water partition coefficient (Wildman–Crippen LogP) is 2.01. The van der Waals surface area contributed by atoms with E-state index < -0.39 is 0 Å². The SMILES string of the molecule is C[C@@H]1CN(CC#Cc2nccc(N3CCCN(c4cc(-c5ccccc5O)nnc4N)CC3)n2)CCO1. The maximum absolute atomic E-state index is 10.2. The van der Waals surface area contributed by atoms with Crippen LogP contribution in [0.3, 0.4) is 0 Å². The molecule has 2 saturated heterocycles. The molecule has 0 aliphatic carbocycles. The van der Waals surface area contributed by atoms with E-state index in [2.05, 4.69) is 48.6 Å². The number of phenolic OH excluding ortho intramolecular Hbond substituents is 1. The van der Waals surface area contributed by atoms with Gasteiger partial charge in [0, 0.05) is 51.0 Å². The molecule has 10 nitrogen and oxygen atoms in total. The van der Waals surface area contributed by atoms with E-state index in [0.717, 1.165) is 63.8 Å². The maximum Gasteiger partial charge on any atom is 0.206 e. The van der Waals surface area contributed by atoms with Gasteiger partial charge in [0.25, 0.3) is 0 Å². The molecule has 1 aromatic carbocycles. The summed E-state index contributed by atoms with van der Waals surface area (Å²) in [5, 5.41) is 18.6. The summed E-state index contributed by atoms with van der Waals surface area (Å²) in [6.07, 6.45) is 2.94. The van der Waals surface area contributed by atoms with E-state index >= 15 is 0 Å². The fourth-order valence-electron chi connectivity index (χ4n) is 4.70. The summed E-state index contributed by atoms with van der Waals surface area (Å²) in [6, 6.07) is 10.9. The van der Waals surface area contributed by atoms with Crippen LogP contribution < -0.4 is 15.5 Å². The number of phenols is 1. The topological polar surface area (TPSA) is 117 Å². The number of nitrogens with zero attached hydrogens (tertiary/aromatic N) is 7. The van der Waals surface area contributed by atoms with Crippen molar-refractivity contribution >= 4 is 17.3 Å². The van der Waals surface area contributed by atoms with E-state index in [4.69, 9.17) is 15.5 Å². The third kappa shape index (κ3) is 6.07. The maximum atomic E-state index is 10.2. The van der Waals surface area contributed by atoms with Gasteiger partial charge in [-0.05, 0) is 43.5 Å². The zero-order valence-electron chi connectivity index (χ0n) is 21.0. The number of anilines is 3. The summed E-state index contributed by atoms with van der Waals surface area (Å²) in [5.74, 6) is 8.29. The van der Waals surface area contributed by atoms with Crippen molar-refractivity contribution in [1.29, 1.82) is 0 Å². The van der Waals surface area contributed by atoms with Crippen molar-refractivity contribution in [3.8, 4) is 28.8 Å². The predicted molar refractivity (Wildman–Crippen MR) is 143 cm³/mol. The number of hydrogen-bond donors (Lipinski definition) is 2. The zero-order valence-corrected chi connectivity index (χ0v) is 21.0. The van der Waals surface area contributed by atoms with Crippen LogP contribution in [-0.4, -0.2) is 88.7 Å². The molecule has 37 heavy (non-hydrogen) atoms. The molecule has 2 fully saturated rings. The Morgan fingerprint density at radius 2 is 1.92 bits per heavy atom. The van der Waals surface area contributed by atoms with Gasteiger partial charge < -0.3 is 25.4 Å². The highest BCUT2D eigenvalue weighted by molar-refractivity contribution is 5.74. The minimum atomic E-state index is 0.164. The number of ether oxygens (including phenoxy) is 1. The van der Waals surface area contributed by atoms with Gasteiger partial charge >= 0.3 is 0 Å². The largest absolute Gasteiger partial charge is 0.507 e. The highest BCUT2D eigenvalue weighted by atomic mass is 16.5. The van der Waals surface area contributed by atoms with E-state index in [1.807, 2.05) is 24.3 Å². The van der Waals surface area contributed by atoms with Gasteiger partial charge in [-0.15, -0.1) is 10.2 Å². The minimum Gasteiger partial charge on any atom is -0.507 e. The Labute approximate surface area is 217 Å². The molecule has 3 aromatic rings. The third-order valence-corrected chi connectivity index (χ3v) is 6.61. The monoisotopic (exact) mass is 500 g/mol. The average molecular weight is 501 g/mol. The fraction of sp³-hybridized carbons (Fsp3) is 0.407. The second kappa shape index (κ2) is 11.4. The molecule has 0 saturated carbocycles. The number of benzene rings is 1. The second-order valence-electron chi connectivity index (χ2n) is 9.30. The molecule has 192 valence electrons. The molecule has 0 amide bonds. The first-order valence-corrected chi connectivity index (χ1v) is 12.6. The molecular formula is C27H32N8O2. The van der Waals surface area contributed by atoms with Crippen LogP contribution in [-0.2, 0) is 4.74 Å². The first kappa shape index (κ1) is 24.7. The van der Waals surface area contributed by atoms with E-state index in [0.29, 0.717) is 29.4 Å². The molecule has 4 heterocycles. The molecule has 1 atom stereocenters. The Balaban J connectivity index is 1.26. The van der Waals surface area contributed by atoms with Crippen molar-refractivity contribution in [1.82, 2.24) is 25.1 Å². The van der Waals surface area contributed by atoms with Crippen LogP contribution in [0.2, 0.25) is 0 Å². The number of nitrogens with two attached hydrogens (primary N) is 1. The van der Waals surface area contributed by atoms with Gasteiger partial charge in [0.1, 0.15) is 11.6 Å². The lowest BCUT2D eigenvalue weighted by Gasteiger charge is -2.29. The number of morpholine rings is 1. The molecule has 5 rings (SSSR count). The number of rotatable bonds is 4. The molecule has 0 unspecified atom stereocenters. The molecule has 2 aromatic heterocycles. The fourth-order valence-corrected chi connectivity index (χ4v) is 4.70.